The van der Waals surface area contributed by atoms with Crippen LogP contribution in [0.5, 0.6) is 0 Å². The van der Waals surface area contributed by atoms with Crippen molar-refractivity contribution in [2.24, 2.45) is 0 Å². The van der Waals surface area contributed by atoms with Gasteiger partial charge in [-0.2, -0.15) is 0 Å². The number of thioether (sulfide) groups is 1. The Hall–Kier alpha value is -1.49. The van der Waals surface area contributed by atoms with Crippen molar-refractivity contribution in [3.8, 4) is 0 Å². The van der Waals surface area contributed by atoms with Gasteiger partial charge < -0.3 is 4.74 Å². The van der Waals surface area contributed by atoms with Crippen molar-refractivity contribution in [1.82, 2.24) is 4.90 Å². The van der Waals surface area contributed by atoms with Crippen LogP contribution in [0.1, 0.15) is 26.3 Å². The van der Waals surface area contributed by atoms with E-state index < -0.39 is 12.1 Å². The van der Waals surface area contributed by atoms with Gasteiger partial charge in [0.05, 0.1) is 5.88 Å². The summed E-state index contributed by atoms with van der Waals surface area (Å²) in [5.74, 6) is 0.488. The Morgan fingerprint density at radius 3 is 2.60 bits per heavy atom. The molecule has 20 heavy (non-hydrogen) atoms. The van der Waals surface area contributed by atoms with Crippen LogP contribution in [0.2, 0.25) is 0 Å². The number of nitrogens with zero attached hydrogens (tertiary/aromatic N) is 1. The Kier molecular flexibility index (Phi) is 4.38. The predicted octanol–water partition coefficient (Wildman–Crippen LogP) is 3.07. The van der Waals surface area contributed by atoms with E-state index >= 15 is 0 Å². The first kappa shape index (κ1) is 14.9. The maximum atomic E-state index is 12.2. The van der Waals surface area contributed by atoms with Gasteiger partial charge in [-0.3, -0.25) is 9.69 Å². The molecule has 1 aromatic rings. The fourth-order valence-electron chi connectivity index (χ4n) is 2.43. The third kappa shape index (κ3) is 3.15. The molecular weight excluding hydrogens is 274 g/mol. The van der Waals surface area contributed by atoms with Gasteiger partial charge >= 0.3 is 6.09 Å². The van der Waals surface area contributed by atoms with Crippen LogP contribution >= 0.6 is 11.8 Å². The lowest BCUT2D eigenvalue weighted by Gasteiger charge is -2.28. The van der Waals surface area contributed by atoms with Crippen LogP contribution in [-0.4, -0.2) is 33.4 Å². The SMILES string of the molecule is CC(=O)[C@H]1N(C(=O)OCc2ccccc2)CSC1(C)C. The molecule has 1 saturated heterocycles. The predicted molar refractivity (Wildman–Crippen MR) is 79.5 cm³/mol. The van der Waals surface area contributed by atoms with E-state index in [0.29, 0.717) is 5.88 Å². The minimum Gasteiger partial charge on any atom is -0.445 e. The number of benzene rings is 1. The molecule has 0 N–H and O–H groups in total. The molecule has 0 saturated carbocycles. The molecular formula is C15H19NO3S. The highest BCUT2D eigenvalue weighted by atomic mass is 32.2. The summed E-state index contributed by atoms with van der Waals surface area (Å²) in [6, 6.07) is 9.09. The molecule has 108 valence electrons. The molecule has 2 rings (SSSR count). The van der Waals surface area contributed by atoms with Crippen molar-refractivity contribution in [3.05, 3.63) is 35.9 Å². The fourth-order valence-corrected chi connectivity index (χ4v) is 3.61. The van der Waals surface area contributed by atoms with Gasteiger partial charge in [-0.1, -0.05) is 30.3 Å². The van der Waals surface area contributed by atoms with Crippen molar-refractivity contribution >= 4 is 23.6 Å². The standard InChI is InChI=1S/C15H19NO3S/c1-11(17)13-15(2,3)20-10-16(13)14(18)19-9-12-7-5-4-6-8-12/h4-8,13H,9-10H2,1-3H3/t13-/m1/s1. The molecule has 1 heterocycles. The number of rotatable bonds is 3. The molecule has 4 nitrogen and oxygen atoms in total. The first-order valence-corrected chi connectivity index (χ1v) is 7.52. The van der Waals surface area contributed by atoms with Gasteiger partial charge in [0.25, 0.3) is 0 Å². The summed E-state index contributed by atoms with van der Waals surface area (Å²) in [6.07, 6.45) is -0.424. The summed E-state index contributed by atoms with van der Waals surface area (Å²) in [6.45, 7) is 5.71. The normalized spacial score (nSPS) is 20.8. The highest BCUT2D eigenvalue weighted by molar-refractivity contribution is 8.00. The average molecular weight is 293 g/mol. The van der Waals surface area contributed by atoms with Gasteiger partial charge in [-0.25, -0.2) is 4.79 Å². The van der Waals surface area contributed by atoms with Crippen LogP contribution in [0.15, 0.2) is 30.3 Å². The summed E-state index contributed by atoms with van der Waals surface area (Å²) in [7, 11) is 0. The first-order chi connectivity index (χ1) is 9.42. The van der Waals surface area contributed by atoms with Gasteiger partial charge in [0, 0.05) is 4.75 Å². The van der Waals surface area contributed by atoms with Crippen molar-refractivity contribution in [2.45, 2.75) is 38.2 Å². The summed E-state index contributed by atoms with van der Waals surface area (Å²) in [4.78, 5) is 25.5. The summed E-state index contributed by atoms with van der Waals surface area (Å²) in [5, 5.41) is 0. The minimum absolute atomic E-state index is 0.00309. The van der Waals surface area contributed by atoms with Crippen LogP contribution in [0.25, 0.3) is 0 Å². The average Bonchev–Trinajstić information content (AvgIpc) is 2.73. The number of Topliss-reactive ketones (excluding diaryl/α,β-unsaturated/α-hetero) is 1. The third-order valence-corrected chi connectivity index (χ3v) is 4.75. The second-order valence-corrected chi connectivity index (χ2v) is 7.00. The van der Waals surface area contributed by atoms with Crippen LogP contribution in [0, 0.1) is 0 Å². The smallest absolute Gasteiger partial charge is 0.411 e. The maximum absolute atomic E-state index is 12.2. The van der Waals surface area contributed by atoms with Gasteiger partial charge in [0.1, 0.15) is 12.6 Å². The van der Waals surface area contributed by atoms with E-state index in [-0.39, 0.29) is 17.1 Å². The van der Waals surface area contributed by atoms with E-state index in [9.17, 15) is 9.59 Å². The Bertz CT molecular complexity index is 501. The lowest BCUT2D eigenvalue weighted by atomic mass is 9.99. The highest BCUT2D eigenvalue weighted by Gasteiger charge is 2.46. The zero-order chi connectivity index (χ0) is 14.8. The largest absolute Gasteiger partial charge is 0.445 e. The molecule has 0 aromatic heterocycles. The molecule has 0 radical (unpaired) electrons. The Morgan fingerprint density at radius 2 is 2.00 bits per heavy atom. The molecule has 5 heteroatoms. The number of hydrogen-bond donors (Lipinski definition) is 0. The molecule has 1 amide bonds. The van der Waals surface area contributed by atoms with Gasteiger partial charge in [0.2, 0.25) is 0 Å². The number of carbonyl (C=O) groups excluding carboxylic acids is 2. The second kappa shape index (κ2) is 5.87. The van der Waals surface area contributed by atoms with E-state index in [1.165, 1.54) is 11.8 Å². The number of hydrogen-bond acceptors (Lipinski definition) is 4. The molecule has 1 aromatic carbocycles. The van der Waals surface area contributed by atoms with Crippen molar-refractivity contribution < 1.29 is 14.3 Å². The number of carbonyl (C=O) groups is 2. The Labute approximate surface area is 123 Å². The summed E-state index contributed by atoms with van der Waals surface area (Å²) >= 11 is 1.60. The van der Waals surface area contributed by atoms with Crippen LogP contribution in [-0.2, 0) is 16.1 Å². The lowest BCUT2D eigenvalue weighted by Crippen LogP contribution is -2.48. The molecule has 0 bridgehead atoms. The Morgan fingerprint density at radius 1 is 1.35 bits per heavy atom. The van der Waals surface area contributed by atoms with Crippen molar-refractivity contribution in [3.63, 3.8) is 0 Å². The van der Waals surface area contributed by atoms with E-state index in [4.69, 9.17) is 4.74 Å². The van der Waals surface area contributed by atoms with E-state index in [2.05, 4.69) is 0 Å². The van der Waals surface area contributed by atoms with Crippen LogP contribution in [0.3, 0.4) is 0 Å². The van der Waals surface area contributed by atoms with Gasteiger partial charge in [-0.15, -0.1) is 11.8 Å². The minimum atomic E-state index is -0.424. The fraction of sp³-hybridized carbons (Fsp3) is 0.467. The first-order valence-electron chi connectivity index (χ1n) is 6.53. The molecule has 1 aliphatic rings. The van der Waals surface area contributed by atoms with Crippen molar-refractivity contribution in [1.29, 1.82) is 0 Å². The second-order valence-electron chi connectivity index (χ2n) is 5.40. The molecule has 1 aliphatic heterocycles. The topological polar surface area (TPSA) is 46.6 Å². The number of ether oxygens (including phenoxy) is 1. The van der Waals surface area contributed by atoms with E-state index in [1.54, 1.807) is 11.8 Å². The quantitative estimate of drug-likeness (QED) is 0.859. The molecule has 0 aliphatic carbocycles. The molecule has 0 spiro atoms. The maximum Gasteiger partial charge on any atom is 0.411 e. The van der Waals surface area contributed by atoms with E-state index in [0.717, 1.165) is 5.56 Å². The molecule has 1 fully saturated rings. The zero-order valence-electron chi connectivity index (χ0n) is 12.0. The number of ketones is 1. The summed E-state index contributed by atoms with van der Waals surface area (Å²) < 4.78 is 5.04. The van der Waals surface area contributed by atoms with Crippen LogP contribution in [0.4, 0.5) is 4.79 Å². The Balaban J connectivity index is 2.00. The molecule has 1 atom stereocenters. The van der Waals surface area contributed by atoms with Gasteiger partial charge in [-0.05, 0) is 26.3 Å². The monoisotopic (exact) mass is 293 g/mol. The lowest BCUT2D eigenvalue weighted by molar-refractivity contribution is -0.121. The van der Waals surface area contributed by atoms with E-state index in [1.807, 2.05) is 44.2 Å². The van der Waals surface area contributed by atoms with Crippen LogP contribution < -0.4 is 0 Å². The molecule has 0 unspecified atom stereocenters. The zero-order valence-corrected chi connectivity index (χ0v) is 12.8. The van der Waals surface area contributed by atoms with Crippen molar-refractivity contribution in [2.75, 3.05) is 5.88 Å². The summed E-state index contributed by atoms with van der Waals surface area (Å²) in [5.41, 5.74) is 0.936. The highest BCUT2D eigenvalue weighted by Crippen LogP contribution is 2.39. The van der Waals surface area contributed by atoms with Gasteiger partial charge in [0.15, 0.2) is 5.78 Å². The number of amides is 1. The third-order valence-electron chi connectivity index (χ3n) is 3.37.